The minimum Gasteiger partial charge on any atom is -0.490 e. The minimum absolute atomic E-state index is 0.464. The maximum Gasteiger partial charge on any atom is 0.529 e. The first kappa shape index (κ1) is 16.9. The summed E-state index contributed by atoms with van der Waals surface area (Å²) in [6.45, 7) is 7.98. The first-order valence-electron chi connectivity index (χ1n) is 7.03. The zero-order valence-electron chi connectivity index (χ0n) is 12.5. The number of rotatable bonds is 10. The third-order valence-electron chi connectivity index (χ3n) is 2.45. The van der Waals surface area contributed by atoms with Crippen LogP contribution < -0.4 is 4.74 Å². The van der Waals surface area contributed by atoms with Crippen LogP contribution in [0.2, 0.25) is 0 Å². The van der Waals surface area contributed by atoms with Crippen LogP contribution >= 0.6 is 0 Å². The van der Waals surface area contributed by atoms with Crippen LogP contribution in [0.4, 0.5) is 0 Å². The molecule has 5 heteroatoms. The van der Waals surface area contributed by atoms with E-state index in [1.54, 1.807) is 0 Å². The highest BCUT2D eigenvalue weighted by atomic mass is 28.4. The molecule has 0 aliphatic carbocycles. The Morgan fingerprint density at radius 2 is 1.45 bits per heavy atom. The SMILES string of the molecule is CCO[Si](/C=C/COc1ccccc1)(OCC)OCC. The fourth-order valence-corrected chi connectivity index (χ4v) is 3.86. The van der Waals surface area contributed by atoms with Crippen LogP contribution in [0.15, 0.2) is 42.1 Å². The molecule has 0 N–H and O–H groups in total. The monoisotopic (exact) mass is 296 g/mol. The second-order valence-corrected chi connectivity index (χ2v) is 6.34. The Bertz CT molecular complexity index is 364. The molecule has 1 aromatic rings. The summed E-state index contributed by atoms with van der Waals surface area (Å²) in [5.74, 6) is 0.841. The lowest BCUT2D eigenvalue weighted by Crippen LogP contribution is -2.44. The zero-order chi connectivity index (χ0) is 14.7. The van der Waals surface area contributed by atoms with Crippen molar-refractivity contribution in [3.63, 3.8) is 0 Å². The summed E-state index contributed by atoms with van der Waals surface area (Å²) >= 11 is 0. The van der Waals surface area contributed by atoms with Crippen molar-refractivity contribution in [1.29, 1.82) is 0 Å². The fraction of sp³-hybridized carbons (Fsp3) is 0.467. The first-order valence-corrected chi connectivity index (χ1v) is 8.84. The van der Waals surface area contributed by atoms with E-state index in [-0.39, 0.29) is 0 Å². The summed E-state index contributed by atoms with van der Waals surface area (Å²) in [7, 11) is -2.69. The molecule has 0 spiro atoms. The fourth-order valence-electron chi connectivity index (χ4n) is 1.73. The highest BCUT2D eigenvalue weighted by Crippen LogP contribution is 2.13. The number of hydrogen-bond donors (Lipinski definition) is 0. The van der Waals surface area contributed by atoms with Crippen LogP contribution in [-0.2, 0) is 13.3 Å². The van der Waals surface area contributed by atoms with E-state index in [0.717, 1.165) is 5.75 Å². The Labute approximate surface area is 122 Å². The quantitative estimate of drug-likeness (QED) is 0.621. The van der Waals surface area contributed by atoms with Gasteiger partial charge in [-0.15, -0.1) is 0 Å². The summed E-state index contributed by atoms with van der Waals surface area (Å²) in [5, 5.41) is 0. The number of ether oxygens (including phenoxy) is 1. The molecule has 0 saturated carbocycles. The summed E-state index contributed by atoms with van der Waals surface area (Å²) < 4.78 is 22.7. The molecule has 0 fully saturated rings. The molecule has 0 atom stereocenters. The van der Waals surface area contributed by atoms with Crippen molar-refractivity contribution in [1.82, 2.24) is 0 Å². The second-order valence-electron chi connectivity index (χ2n) is 3.93. The molecule has 1 rings (SSSR count). The highest BCUT2D eigenvalue weighted by Gasteiger charge is 2.37. The van der Waals surface area contributed by atoms with Crippen LogP contribution in [0, 0.1) is 0 Å². The summed E-state index contributed by atoms with van der Waals surface area (Å²) in [6, 6.07) is 9.69. The van der Waals surface area contributed by atoms with Gasteiger partial charge < -0.3 is 18.0 Å². The zero-order valence-corrected chi connectivity index (χ0v) is 13.5. The molecule has 112 valence electrons. The lowest BCUT2D eigenvalue weighted by molar-refractivity contribution is 0.0841. The largest absolute Gasteiger partial charge is 0.529 e. The third kappa shape index (κ3) is 5.88. The van der Waals surface area contributed by atoms with Gasteiger partial charge in [0.1, 0.15) is 12.4 Å². The van der Waals surface area contributed by atoms with Crippen molar-refractivity contribution >= 4 is 8.80 Å². The molecule has 0 radical (unpaired) electrons. The molecule has 0 aromatic heterocycles. The standard InChI is InChI=1S/C15H24O4Si/c1-4-17-20(18-5-2,19-6-3)14-10-13-16-15-11-8-7-9-12-15/h7-12,14H,4-6,13H2,1-3H3/b14-10+. The molecule has 0 bridgehead atoms. The molecular weight excluding hydrogens is 272 g/mol. The van der Waals surface area contributed by atoms with Gasteiger partial charge in [-0.3, -0.25) is 0 Å². The van der Waals surface area contributed by atoms with Crippen molar-refractivity contribution in [3.05, 3.63) is 42.1 Å². The van der Waals surface area contributed by atoms with Crippen LogP contribution in [0.5, 0.6) is 5.75 Å². The topological polar surface area (TPSA) is 36.9 Å². The predicted molar refractivity (Wildman–Crippen MR) is 81.7 cm³/mol. The average molecular weight is 296 g/mol. The Kier molecular flexibility index (Phi) is 8.21. The van der Waals surface area contributed by atoms with Crippen LogP contribution in [0.3, 0.4) is 0 Å². The number of para-hydroxylation sites is 1. The van der Waals surface area contributed by atoms with Crippen molar-refractivity contribution in [2.75, 3.05) is 26.4 Å². The third-order valence-corrected chi connectivity index (χ3v) is 5.17. The molecule has 0 aliphatic rings. The van der Waals surface area contributed by atoms with E-state index in [2.05, 4.69) is 0 Å². The average Bonchev–Trinajstić information content (AvgIpc) is 2.46. The lowest BCUT2D eigenvalue weighted by atomic mass is 10.3. The predicted octanol–water partition coefficient (Wildman–Crippen LogP) is 3.21. The number of hydrogen-bond acceptors (Lipinski definition) is 4. The highest BCUT2D eigenvalue weighted by molar-refractivity contribution is 6.66. The van der Waals surface area contributed by atoms with E-state index >= 15 is 0 Å². The van der Waals surface area contributed by atoms with Crippen molar-refractivity contribution in [2.45, 2.75) is 20.8 Å². The lowest BCUT2D eigenvalue weighted by Gasteiger charge is -2.25. The van der Waals surface area contributed by atoms with Gasteiger partial charge in [0, 0.05) is 19.8 Å². The second kappa shape index (κ2) is 9.71. The van der Waals surface area contributed by atoms with E-state index in [4.69, 9.17) is 18.0 Å². The molecule has 0 saturated heterocycles. The summed E-state index contributed by atoms with van der Waals surface area (Å²) in [4.78, 5) is 0. The maximum atomic E-state index is 5.71. The summed E-state index contributed by atoms with van der Waals surface area (Å²) in [5.41, 5.74) is 1.90. The van der Waals surface area contributed by atoms with Gasteiger partial charge in [-0.25, -0.2) is 0 Å². The molecule has 0 heterocycles. The van der Waals surface area contributed by atoms with Gasteiger partial charge in [0.2, 0.25) is 0 Å². The number of benzene rings is 1. The van der Waals surface area contributed by atoms with E-state index in [0.29, 0.717) is 26.4 Å². The van der Waals surface area contributed by atoms with Crippen molar-refractivity contribution in [2.24, 2.45) is 0 Å². The molecule has 4 nitrogen and oxygen atoms in total. The minimum atomic E-state index is -2.69. The summed E-state index contributed by atoms with van der Waals surface area (Å²) in [6.07, 6.45) is 1.90. The van der Waals surface area contributed by atoms with E-state index in [1.807, 2.05) is 62.9 Å². The molecule has 0 amide bonds. The van der Waals surface area contributed by atoms with Crippen molar-refractivity contribution in [3.8, 4) is 5.75 Å². The van der Waals surface area contributed by atoms with Gasteiger partial charge in [-0.05, 0) is 44.7 Å². The van der Waals surface area contributed by atoms with Gasteiger partial charge in [-0.1, -0.05) is 18.2 Å². The Hall–Kier alpha value is -1.14. The first-order chi connectivity index (χ1) is 9.76. The van der Waals surface area contributed by atoms with Crippen LogP contribution in [0.1, 0.15) is 20.8 Å². The van der Waals surface area contributed by atoms with E-state index < -0.39 is 8.80 Å². The molecular formula is C15H24O4Si. The smallest absolute Gasteiger partial charge is 0.490 e. The Balaban J connectivity index is 2.56. The molecule has 0 aliphatic heterocycles. The molecule has 0 unspecified atom stereocenters. The van der Waals surface area contributed by atoms with Crippen LogP contribution in [-0.4, -0.2) is 35.2 Å². The van der Waals surface area contributed by atoms with Gasteiger partial charge in [-0.2, -0.15) is 0 Å². The van der Waals surface area contributed by atoms with E-state index in [1.165, 1.54) is 0 Å². The normalized spacial score (nSPS) is 11.9. The molecule has 1 aromatic carbocycles. The van der Waals surface area contributed by atoms with Gasteiger partial charge in [0.25, 0.3) is 0 Å². The Morgan fingerprint density at radius 1 is 0.900 bits per heavy atom. The maximum absolute atomic E-state index is 5.71. The van der Waals surface area contributed by atoms with Crippen molar-refractivity contribution < 1.29 is 18.0 Å². The van der Waals surface area contributed by atoms with E-state index in [9.17, 15) is 0 Å². The van der Waals surface area contributed by atoms with Gasteiger partial charge in [0.15, 0.2) is 0 Å². The molecule has 20 heavy (non-hydrogen) atoms. The Morgan fingerprint density at radius 3 is 1.95 bits per heavy atom. The van der Waals surface area contributed by atoms with Gasteiger partial charge >= 0.3 is 8.80 Å². The van der Waals surface area contributed by atoms with Crippen LogP contribution in [0.25, 0.3) is 0 Å². The van der Waals surface area contributed by atoms with Gasteiger partial charge in [0.05, 0.1) is 0 Å².